The number of allylic oxidation sites excluding steroid dienone is 2. The molecular weight excluding hydrogens is 184 g/mol. The normalized spacial score (nSPS) is 28.5. The molecule has 3 rings (SSSR count). The van der Waals surface area contributed by atoms with Gasteiger partial charge < -0.3 is 4.74 Å². The molecule has 0 aromatic heterocycles. The lowest BCUT2D eigenvalue weighted by molar-refractivity contribution is 0.188. The number of hydrogen-bond donors (Lipinski definition) is 0. The predicted octanol–water partition coefficient (Wildman–Crippen LogP) is 3.52. The van der Waals surface area contributed by atoms with Gasteiger partial charge in [-0.05, 0) is 36.8 Å². The second-order valence-electron chi connectivity index (χ2n) is 4.50. The molecule has 0 radical (unpaired) electrons. The van der Waals surface area contributed by atoms with Crippen LogP contribution in [0.1, 0.15) is 30.7 Å². The summed E-state index contributed by atoms with van der Waals surface area (Å²) in [6.07, 6.45) is 8.33. The van der Waals surface area contributed by atoms with E-state index >= 15 is 0 Å². The Morgan fingerprint density at radius 1 is 1.13 bits per heavy atom. The van der Waals surface area contributed by atoms with Crippen molar-refractivity contribution in [2.24, 2.45) is 5.92 Å². The van der Waals surface area contributed by atoms with Gasteiger partial charge in [-0.2, -0.15) is 0 Å². The van der Waals surface area contributed by atoms with Crippen LogP contribution in [0.5, 0.6) is 5.75 Å². The van der Waals surface area contributed by atoms with Gasteiger partial charge in [0.05, 0.1) is 6.61 Å². The van der Waals surface area contributed by atoms with Crippen molar-refractivity contribution in [1.82, 2.24) is 0 Å². The maximum absolute atomic E-state index is 5.82. The number of benzene rings is 1. The van der Waals surface area contributed by atoms with Crippen LogP contribution >= 0.6 is 0 Å². The van der Waals surface area contributed by atoms with Crippen molar-refractivity contribution in [1.29, 1.82) is 0 Å². The van der Waals surface area contributed by atoms with E-state index in [1.54, 1.807) is 0 Å². The second kappa shape index (κ2) is 3.73. The molecule has 0 N–H and O–H groups in total. The lowest BCUT2D eigenvalue weighted by Gasteiger charge is -2.32. The van der Waals surface area contributed by atoms with Gasteiger partial charge in [0.1, 0.15) is 5.75 Å². The van der Waals surface area contributed by atoms with E-state index < -0.39 is 0 Å². The molecule has 78 valence electrons. The van der Waals surface area contributed by atoms with E-state index in [0.29, 0.717) is 5.92 Å². The second-order valence-corrected chi connectivity index (χ2v) is 4.50. The van der Waals surface area contributed by atoms with E-state index in [2.05, 4.69) is 36.4 Å². The van der Waals surface area contributed by atoms with Gasteiger partial charge >= 0.3 is 0 Å². The summed E-state index contributed by atoms with van der Waals surface area (Å²) in [4.78, 5) is 0. The van der Waals surface area contributed by atoms with Gasteiger partial charge in [-0.25, -0.2) is 0 Å². The van der Waals surface area contributed by atoms with E-state index in [9.17, 15) is 0 Å². The third-order valence-corrected chi connectivity index (χ3v) is 3.60. The summed E-state index contributed by atoms with van der Waals surface area (Å²) in [7, 11) is 0. The molecular formula is C14H16O. The van der Waals surface area contributed by atoms with E-state index in [0.717, 1.165) is 18.3 Å². The smallest absolute Gasteiger partial charge is 0.122 e. The van der Waals surface area contributed by atoms with Gasteiger partial charge in [0, 0.05) is 5.92 Å². The number of fused-ring (bicyclic) bond motifs is 3. The van der Waals surface area contributed by atoms with E-state index in [1.807, 2.05) is 0 Å². The summed E-state index contributed by atoms with van der Waals surface area (Å²) < 4.78 is 5.82. The molecule has 0 fully saturated rings. The fourth-order valence-electron chi connectivity index (χ4n) is 2.76. The molecule has 15 heavy (non-hydrogen) atoms. The summed E-state index contributed by atoms with van der Waals surface area (Å²) in [6, 6.07) is 8.51. The molecule has 1 nitrogen and oxygen atoms in total. The van der Waals surface area contributed by atoms with E-state index in [4.69, 9.17) is 4.74 Å². The standard InChI is InChI=1S/C14H16O/c1-2-6-11-10-15-14-9-5-4-8-13(14)12(11)7-3-1/h1,3-5,8-9,11-12H,2,6-7,10H2. The van der Waals surface area contributed by atoms with Crippen LogP contribution in [0, 0.1) is 5.92 Å². The van der Waals surface area contributed by atoms with Crippen molar-refractivity contribution in [3.05, 3.63) is 42.0 Å². The van der Waals surface area contributed by atoms with Gasteiger partial charge in [-0.1, -0.05) is 30.4 Å². The average molecular weight is 200 g/mol. The lowest BCUT2D eigenvalue weighted by Crippen LogP contribution is -2.25. The summed E-state index contributed by atoms with van der Waals surface area (Å²) in [6.45, 7) is 0.906. The quantitative estimate of drug-likeness (QED) is 0.582. The van der Waals surface area contributed by atoms with Crippen molar-refractivity contribution in [2.45, 2.75) is 25.2 Å². The van der Waals surface area contributed by atoms with Gasteiger partial charge in [0.15, 0.2) is 0 Å². The summed E-state index contributed by atoms with van der Waals surface area (Å²) in [5.41, 5.74) is 1.42. The molecule has 2 aliphatic rings. The first kappa shape index (κ1) is 9.02. The molecule has 2 atom stereocenters. The molecule has 1 heteroatoms. The Balaban J connectivity index is 1.99. The largest absolute Gasteiger partial charge is 0.493 e. The van der Waals surface area contributed by atoms with Crippen molar-refractivity contribution in [3.63, 3.8) is 0 Å². The Morgan fingerprint density at radius 2 is 2.07 bits per heavy atom. The number of ether oxygens (including phenoxy) is 1. The Labute approximate surface area is 90.8 Å². The molecule has 1 aliphatic carbocycles. The maximum atomic E-state index is 5.82. The van der Waals surface area contributed by atoms with Crippen molar-refractivity contribution in [2.75, 3.05) is 6.61 Å². The van der Waals surface area contributed by atoms with Crippen LogP contribution in [0.15, 0.2) is 36.4 Å². The summed E-state index contributed by atoms with van der Waals surface area (Å²) in [5.74, 6) is 2.51. The van der Waals surface area contributed by atoms with Crippen LogP contribution in [0.4, 0.5) is 0 Å². The molecule has 1 heterocycles. The molecule has 0 amide bonds. The van der Waals surface area contributed by atoms with Crippen molar-refractivity contribution >= 4 is 0 Å². The number of rotatable bonds is 0. The first-order valence-corrected chi connectivity index (χ1v) is 5.82. The van der Waals surface area contributed by atoms with Gasteiger partial charge in [0.2, 0.25) is 0 Å². The zero-order valence-corrected chi connectivity index (χ0v) is 8.86. The fourth-order valence-corrected chi connectivity index (χ4v) is 2.76. The minimum Gasteiger partial charge on any atom is -0.493 e. The van der Waals surface area contributed by atoms with Crippen molar-refractivity contribution in [3.8, 4) is 5.75 Å². The highest BCUT2D eigenvalue weighted by Crippen LogP contribution is 2.42. The molecule has 1 aromatic rings. The van der Waals surface area contributed by atoms with E-state index in [1.165, 1.54) is 24.8 Å². The van der Waals surface area contributed by atoms with Gasteiger partial charge in [-0.15, -0.1) is 0 Å². The van der Waals surface area contributed by atoms with Gasteiger partial charge in [0.25, 0.3) is 0 Å². The highest BCUT2D eigenvalue weighted by molar-refractivity contribution is 5.39. The van der Waals surface area contributed by atoms with Crippen molar-refractivity contribution < 1.29 is 4.74 Å². The minimum atomic E-state index is 0.689. The number of hydrogen-bond acceptors (Lipinski definition) is 1. The first-order chi connectivity index (χ1) is 7.45. The van der Waals surface area contributed by atoms with Crippen LogP contribution in [-0.4, -0.2) is 6.61 Å². The van der Waals surface area contributed by atoms with Crippen LogP contribution < -0.4 is 4.74 Å². The minimum absolute atomic E-state index is 0.689. The third kappa shape index (κ3) is 1.56. The Morgan fingerprint density at radius 3 is 3.07 bits per heavy atom. The highest BCUT2D eigenvalue weighted by Gasteiger charge is 2.30. The first-order valence-electron chi connectivity index (χ1n) is 5.82. The Hall–Kier alpha value is -1.24. The SMILES string of the molecule is C1=CCC2c3ccccc3OCC2CC1. The zero-order chi connectivity index (χ0) is 10.1. The highest BCUT2D eigenvalue weighted by atomic mass is 16.5. The Bertz CT molecular complexity index is 381. The Kier molecular flexibility index (Phi) is 2.24. The monoisotopic (exact) mass is 200 g/mol. The third-order valence-electron chi connectivity index (χ3n) is 3.60. The van der Waals surface area contributed by atoms with E-state index in [-0.39, 0.29) is 0 Å². The summed E-state index contributed by atoms with van der Waals surface area (Å²) >= 11 is 0. The van der Waals surface area contributed by atoms with Crippen LogP contribution in [0.2, 0.25) is 0 Å². The fraction of sp³-hybridized carbons (Fsp3) is 0.429. The predicted molar refractivity (Wildman–Crippen MR) is 61.2 cm³/mol. The summed E-state index contributed by atoms with van der Waals surface area (Å²) in [5, 5.41) is 0. The maximum Gasteiger partial charge on any atom is 0.122 e. The molecule has 0 saturated heterocycles. The van der Waals surface area contributed by atoms with Crippen LogP contribution in [0.3, 0.4) is 0 Å². The molecule has 1 aromatic carbocycles. The molecule has 0 saturated carbocycles. The zero-order valence-electron chi connectivity index (χ0n) is 8.86. The molecule has 2 unspecified atom stereocenters. The molecule has 0 spiro atoms. The van der Waals surface area contributed by atoms with Gasteiger partial charge in [-0.3, -0.25) is 0 Å². The van der Waals surface area contributed by atoms with Crippen LogP contribution in [0.25, 0.3) is 0 Å². The topological polar surface area (TPSA) is 9.23 Å². The average Bonchev–Trinajstić information content (AvgIpc) is 2.54. The molecule has 1 aliphatic heterocycles. The van der Waals surface area contributed by atoms with Crippen LogP contribution in [-0.2, 0) is 0 Å². The lowest BCUT2D eigenvalue weighted by atomic mass is 9.81. The molecule has 0 bridgehead atoms. The number of para-hydroxylation sites is 1.